The molecule has 2 aromatic rings. The van der Waals surface area contributed by atoms with E-state index in [1.54, 1.807) is 12.1 Å². The second kappa shape index (κ2) is 8.70. The van der Waals surface area contributed by atoms with Crippen LogP contribution in [0, 0.1) is 0 Å². The van der Waals surface area contributed by atoms with Gasteiger partial charge >= 0.3 is 5.97 Å². The predicted octanol–water partition coefficient (Wildman–Crippen LogP) is 0.694. The molecule has 144 valence electrons. The summed E-state index contributed by atoms with van der Waals surface area (Å²) in [6.07, 6.45) is 2.24. The summed E-state index contributed by atoms with van der Waals surface area (Å²) in [5.41, 5.74) is -0.572. The van der Waals surface area contributed by atoms with Gasteiger partial charge in [-0.05, 0) is 0 Å². The van der Waals surface area contributed by atoms with Crippen LogP contribution in [0.15, 0.2) is 29.5 Å². The van der Waals surface area contributed by atoms with E-state index >= 15 is 0 Å². The van der Waals surface area contributed by atoms with Crippen LogP contribution in [0.5, 0.6) is 17.2 Å². The summed E-state index contributed by atoms with van der Waals surface area (Å²) in [5, 5.41) is 2.62. The minimum absolute atomic E-state index is 0.263. The normalized spacial score (nSPS) is 10.1. The van der Waals surface area contributed by atoms with Crippen LogP contribution in [0.3, 0.4) is 0 Å². The number of ether oxygens (including phenoxy) is 4. The molecule has 2 rings (SSSR count). The number of esters is 1. The molecule has 0 aliphatic heterocycles. The average molecular weight is 377 g/mol. The molecule has 0 bridgehead atoms. The van der Waals surface area contributed by atoms with Gasteiger partial charge < -0.3 is 24.3 Å². The van der Waals surface area contributed by atoms with Crippen molar-refractivity contribution in [3.8, 4) is 17.2 Å². The molecule has 0 unspecified atom stereocenters. The zero-order valence-electron chi connectivity index (χ0n) is 15.3. The molecule has 0 radical (unpaired) electrons. The molecule has 1 amide bonds. The van der Waals surface area contributed by atoms with Crippen molar-refractivity contribution in [3.63, 3.8) is 0 Å². The molecule has 1 N–H and O–H groups in total. The maximum absolute atomic E-state index is 12.3. The summed E-state index contributed by atoms with van der Waals surface area (Å²) in [6, 6.07) is 3.09. The Kier molecular flexibility index (Phi) is 6.36. The van der Waals surface area contributed by atoms with E-state index < -0.39 is 17.4 Å². The molecule has 0 saturated heterocycles. The fourth-order valence-electron chi connectivity index (χ4n) is 2.32. The zero-order chi connectivity index (χ0) is 20.0. The molecule has 1 aromatic carbocycles. The Balaban J connectivity index is 2.24. The van der Waals surface area contributed by atoms with Gasteiger partial charge in [0.05, 0.1) is 34.8 Å². The summed E-state index contributed by atoms with van der Waals surface area (Å²) in [6.45, 7) is -0.354. The van der Waals surface area contributed by atoms with Crippen LogP contribution in [-0.2, 0) is 16.1 Å². The molecule has 0 spiro atoms. The number of benzene rings is 1. The SMILES string of the molecule is COC(=O)c1cncn(CC(=O)Nc2cc(OC)c(OC)c(OC)c2)c1=O. The van der Waals surface area contributed by atoms with Gasteiger partial charge in [-0.1, -0.05) is 0 Å². The highest BCUT2D eigenvalue weighted by Crippen LogP contribution is 2.39. The molecular weight excluding hydrogens is 358 g/mol. The van der Waals surface area contributed by atoms with Gasteiger partial charge in [-0.25, -0.2) is 9.78 Å². The number of amides is 1. The highest BCUT2D eigenvalue weighted by atomic mass is 16.5. The lowest BCUT2D eigenvalue weighted by atomic mass is 10.2. The third kappa shape index (κ3) is 4.35. The molecular formula is C17H19N3O7. The molecule has 1 heterocycles. The first-order valence-corrected chi connectivity index (χ1v) is 7.67. The van der Waals surface area contributed by atoms with Crippen molar-refractivity contribution in [1.82, 2.24) is 9.55 Å². The third-order valence-corrected chi connectivity index (χ3v) is 3.57. The number of aromatic nitrogens is 2. The minimum Gasteiger partial charge on any atom is -0.493 e. The highest BCUT2D eigenvalue weighted by Gasteiger charge is 2.17. The number of methoxy groups -OCH3 is 4. The van der Waals surface area contributed by atoms with E-state index in [2.05, 4.69) is 15.0 Å². The summed E-state index contributed by atoms with van der Waals surface area (Å²) >= 11 is 0. The lowest BCUT2D eigenvalue weighted by molar-refractivity contribution is -0.116. The Hall–Kier alpha value is -3.56. The van der Waals surface area contributed by atoms with Gasteiger partial charge in [0.2, 0.25) is 11.7 Å². The first-order valence-electron chi connectivity index (χ1n) is 7.67. The Morgan fingerprint density at radius 2 is 1.70 bits per heavy atom. The summed E-state index contributed by atoms with van der Waals surface area (Å²) in [5.74, 6) is -0.247. The minimum atomic E-state index is -0.827. The number of rotatable bonds is 7. The van der Waals surface area contributed by atoms with E-state index in [-0.39, 0.29) is 12.1 Å². The molecule has 0 aliphatic rings. The Bertz CT molecular complexity index is 883. The van der Waals surface area contributed by atoms with Crippen molar-refractivity contribution < 1.29 is 28.5 Å². The van der Waals surface area contributed by atoms with Crippen LogP contribution in [0.4, 0.5) is 5.69 Å². The lowest BCUT2D eigenvalue weighted by Gasteiger charge is -2.15. The van der Waals surface area contributed by atoms with Gasteiger partial charge in [0.1, 0.15) is 12.1 Å². The average Bonchev–Trinajstić information content (AvgIpc) is 2.68. The van der Waals surface area contributed by atoms with E-state index in [1.807, 2.05) is 0 Å². The summed E-state index contributed by atoms with van der Waals surface area (Å²) < 4.78 is 21.2. The molecule has 10 nitrogen and oxygen atoms in total. The van der Waals surface area contributed by atoms with E-state index in [1.165, 1.54) is 21.3 Å². The monoisotopic (exact) mass is 377 g/mol. The molecule has 27 heavy (non-hydrogen) atoms. The number of carbonyl (C=O) groups is 2. The number of carbonyl (C=O) groups excluding carboxylic acids is 2. The summed E-state index contributed by atoms with van der Waals surface area (Å²) in [7, 11) is 5.52. The topological polar surface area (TPSA) is 118 Å². The van der Waals surface area contributed by atoms with E-state index in [9.17, 15) is 14.4 Å². The molecule has 0 aliphatic carbocycles. The quantitative estimate of drug-likeness (QED) is 0.701. The highest BCUT2D eigenvalue weighted by molar-refractivity contribution is 5.92. The van der Waals surface area contributed by atoms with Crippen molar-refractivity contribution in [2.45, 2.75) is 6.54 Å². The van der Waals surface area contributed by atoms with Crippen LogP contribution in [0.25, 0.3) is 0 Å². The lowest BCUT2D eigenvalue weighted by Crippen LogP contribution is -2.31. The van der Waals surface area contributed by atoms with Crippen LogP contribution < -0.4 is 25.1 Å². The van der Waals surface area contributed by atoms with Crippen LogP contribution in [0.2, 0.25) is 0 Å². The predicted molar refractivity (Wildman–Crippen MR) is 94.6 cm³/mol. The van der Waals surface area contributed by atoms with Crippen molar-refractivity contribution in [2.75, 3.05) is 33.8 Å². The Morgan fingerprint density at radius 3 is 2.22 bits per heavy atom. The van der Waals surface area contributed by atoms with Gasteiger partial charge in [-0.15, -0.1) is 0 Å². The van der Waals surface area contributed by atoms with Crippen molar-refractivity contribution in [1.29, 1.82) is 0 Å². The first-order chi connectivity index (χ1) is 12.9. The zero-order valence-corrected chi connectivity index (χ0v) is 15.3. The maximum Gasteiger partial charge on any atom is 0.345 e. The second-order valence-corrected chi connectivity index (χ2v) is 5.19. The van der Waals surface area contributed by atoms with E-state index in [4.69, 9.17) is 14.2 Å². The van der Waals surface area contributed by atoms with Crippen molar-refractivity contribution in [3.05, 3.63) is 40.6 Å². The standard InChI is InChI=1S/C17H19N3O7/c1-24-12-5-10(6-13(25-2)15(12)26-3)19-14(21)8-20-9-18-7-11(16(20)22)17(23)27-4/h5-7,9H,8H2,1-4H3,(H,19,21). The number of nitrogens with zero attached hydrogens (tertiary/aromatic N) is 2. The maximum atomic E-state index is 12.3. The first kappa shape index (κ1) is 19.8. The molecule has 0 atom stereocenters. The van der Waals surface area contributed by atoms with E-state index in [0.29, 0.717) is 22.9 Å². The smallest absolute Gasteiger partial charge is 0.345 e. The fourth-order valence-corrected chi connectivity index (χ4v) is 2.32. The third-order valence-electron chi connectivity index (χ3n) is 3.57. The molecule has 10 heteroatoms. The van der Waals surface area contributed by atoms with Crippen LogP contribution in [-0.4, -0.2) is 49.9 Å². The van der Waals surface area contributed by atoms with Gasteiger partial charge in [0.25, 0.3) is 5.56 Å². The molecule has 0 saturated carbocycles. The number of hydrogen-bond acceptors (Lipinski definition) is 8. The number of hydrogen-bond donors (Lipinski definition) is 1. The Morgan fingerprint density at radius 1 is 1.07 bits per heavy atom. The van der Waals surface area contributed by atoms with Crippen molar-refractivity contribution >= 4 is 17.6 Å². The van der Waals surface area contributed by atoms with Gasteiger partial charge in [-0.3, -0.25) is 14.2 Å². The second-order valence-electron chi connectivity index (χ2n) is 5.19. The number of nitrogens with one attached hydrogen (secondary N) is 1. The van der Waals surface area contributed by atoms with Crippen LogP contribution in [0.1, 0.15) is 10.4 Å². The molecule has 0 fully saturated rings. The largest absolute Gasteiger partial charge is 0.493 e. The van der Waals surface area contributed by atoms with Gasteiger partial charge in [-0.2, -0.15) is 0 Å². The van der Waals surface area contributed by atoms with Gasteiger partial charge in [0.15, 0.2) is 11.5 Å². The molecule has 1 aromatic heterocycles. The van der Waals surface area contributed by atoms with E-state index in [0.717, 1.165) is 24.2 Å². The van der Waals surface area contributed by atoms with Crippen molar-refractivity contribution in [2.24, 2.45) is 0 Å². The Labute approximate surface area is 154 Å². The van der Waals surface area contributed by atoms with Crippen LogP contribution >= 0.6 is 0 Å². The van der Waals surface area contributed by atoms with Gasteiger partial charge in [0, 0.05) is 24.0 Å². The fraction of sp³-hybridized carbons (Fsp3) is 0.294. The number of anilines is 1. The summed E-state index contributed by atoms with van der Waals surface area (Å²) in [4.78, 5) is 39.9.